The number of carbonyl (C=O) groups is 1. The van der Waals surface area contributed by atoms with Crippen LogP contribution in [0.25, 0.3) is 5.69 Å². The second-order valence-electron chi connectivity index (χ2n) is 6.00. The summed E-state index contributed by atoms with van der Waals surface area (Å²) in [5, 5.41) is 13.5. The molecule has 0 aliphatic rings. The Hall–Kier alpha value is -3.03. The van der Waals surface area contributed by atoms with Gasteiger partial charge in [-0.05, 0) is 53.4 Å². The fourth-order valence-electron chi connectivity index (χ4n) is 2.72. The van der Waals surface area contributed by atoms with Gasteiger partial charge in [0.2, 0.25) is 0 Å². The van der Waals surface area contributed by atoms with Gasteiger partial charge in [0.1, 0.15) is 5.82 Å². The van der Waals surface area contributed by atoms with Gasteiger partial charge in [0, 0.05) is 9.90 Å². The minimum atomic E-state index is -0.409. The van der Waals surface area contributed by atoms with Gasteiger partial charge < -0.3 is 5.32 Å². The van der Waals surface area contributed by atoms with Crippen LogP contribution < -0.4 is 5.32 Å². The van der Waals surface area contributed by atoms with Crippen LogP contribution in [0.2, 0.25) is 5.02 Å². The lowest BCUT2D eigenvalue weighted by molar-refractivity contribution is 0.0938. The molecule has 0 aliphatic heterocycles. The fraction of sp³-hybridized carbons (Fsp3) is 0.0500. The zero-order valence-corrected chi connectivity index (χ0v) is 16.0. The van der Waals surface area contributed by atoms with Crippen molar-refractivity contribution in [2.75, 3.05) is 0 Å². The lowest BCUT2D eigenvalue weighted by atomic mass is 10.1. The van der Waals surface area contributed by atoms with Gasteiger partial charge in [-0.25, -0.2) is 9.07 Å². The van der Waals surface area contributed by atoms with Gasteiger partial charge in [-0.1, -0.05) is 35.0 Å². The second-order valence-corrected chi connectivity index (χ2v) is 7.41. The highest BCUT2D eigenvalue weighted by Crippen LogP contribution is 2.26. The molecule has 1 atom stereocenters. The Morgan fingerprint density at radius 2 is 1.86 bits per heavy atom. The van der Waals surface area contributed by atoms with Gasteiger partial charge in [-0.3, -0.25) is 4.79 Å². The topological polar surface area (TPSA) is 59.8 Å². The molecule has 0 saturated carbocycles. The number of rotatable bonds is 5. The maximum Gasteiger partial charge on any atom is 0.274 e. The third-order valence-corrected chi connectivity index (χ3v) is 5.31. The molecule has 1 unspecified atom stereocenters. The summed E-state index contributed by atoms with van der Waals surface area (Å²) in [7, 11) is 0. The molecule has 2 aromatic carbocycles. The first kappa shape index (κ1) is 18.3. The molecule has 8 heteroatoms. The molecule has 1 amide bonds. The van der Waals surface area contributed by atoms with E-state index < -0.39 is 6.04 Å². The molecule has 0 bridgehead atoms. The van der Waals surface area contributed by atoms with Crippen LogP contribution in [0.1, 0.15) is 27.0 Å². The Morgan fingerprint density at radius 1 is 1.11 bits per heavy atom. The van der Waals surface area contributed by atoms with E-state index in [-0.39, 0.29) is 17.4 Å². The Bertz CT molecular complexity index is 1080. The van der Waals surface area contributed by atoms with E-state index in [0.717, 1.165) is 16.1 Å². The molecule has 140 valence electrons. The molecule has 2 heterocycles. The van der Waals surface area contributed by atoms with Crippen LogP contribution in [0.4, 0.5) is 4.39 Å². The number of hydrogen-bond acceptors (Lipinski definition) is 4. The van der Waals surface area contributed by atoms with Crippen molar-refractivity contribution in [2.45, 2.75) is 6.04 Å². The van der Waals surface area contributed by atoms with E-state index in [2.05, 4.69) is 15.6 Å². The van der Waals surface area contributed by atoms with Crippen molar-refractivity contribution >= 4 is 28.8 Å². The summed E-state index contributed by atoms with van der Waals surface area (Å²) in [5.74, 6) is -0.700. The number of thiophene rings is 1. The number of benzene rings is 2. The average molecular weight is 413 g/mol. The van der Waals surface area contributed by atoms with Crippen LogP contribution >= 0.6 is 22.9 Å². The van der Waals surface area contributed by atoms with Crippen LogP contribution in [-0.2, 0) is 0 Å². The molecule has 0 fully saturated rings. The van der Waals surface area contributed by atoms with E-state index in [9.17, 15) is 9.18 Å². The average Bonchev–Trinajstić information content (AvgIpc) is 3.40. The molecule has 2 aromatic heterocycles. The molecular formula is C20H14ClFN4OS. The summed E-state index contributed by atoms with van der Waals surface area (Å²) in [5.41, 5.74) is 1.70. The first-order chi connectivity index (χ1) is 13.6. The number of halogens is 2. The molecule has 0 aliphatic carbocycles. The van der Waals surface area contributed by atoms with Crippen LogP contribution in [0.5, 0.6) is 0 Å². The summed E-state index contributed by atoms with van der Waals surface area (Å²) < 4.78 is 14.8. The van der Waals surface area contributed by atoms with Crippen molar-refractivity contribution in [3.8, 4) is 5.69 Å². The minimum absolute atomic E-state index is 0.179. The van der Waals surface area contributed by atoms with E-state index in [1.54, 1.807) is 42.6 Å². The van der Waals surface area contributed by atoms with Crippen LogP contribution in [0.15, 0.2) is 72.2 Å². The van der Waals surface area contributed by atoms with Gasteiger partial charge in [-0.2, -0.15) is 0 Å². The first-order valence-electron chi connectivity index (χ1n) is 8.38. The van der Waals surface area contributed by atoms with Gasteiger partial charge >= 0.3 is 0 Å². The van der Waals surface area contributed by atoms with Crippen molar-refractivity contribution < 1.29 is 9.18 Å². The molecule has 1 N–H and O–H groups in total. The molecule has 0 saturated heterocycles. The highest BCUT2D eigenvalue weighted by molar-refractivity contribution is 7.10. The van der Waals surface area contributed by atoms with E-state index in [1.807, 2.05) is 17.5 Å². The van der Waals surface area contributed by atoms with E-state index in [0.29, 0.717) is 5.02 Å². The molecule has 4 rings (SSSR count). The normalized spacial score (nSPS) is 11.9. The van der Waals surface area contributed by atoms with Crippen LogP contribution in [0, 0.1) is 5.82 Å². The Labute approximate surface area is 169 Å². The highest BCUT2D eigenvalue weighted by Gasteiger charge is 2.21. The quantitative estimate of drug-likeness (QED) is 0.519. The predicted octanol–water partition coefficient (Wildman–Crippen LogP) is 4.64. The van der Waals surface area contributed by atoms with Gasteiger partial charge in [0.15, 0.2) is 5.69 Å². The number of aromatic nitrogens is 3. The van der Waals surface area contributed by atoms with E-state index >= 15 is 0 Å². The van der Waals surface area contributed by atoms with Crippen molar-refractivity contribution in [1.82, 2.24) is 20.3 Å². The SMILES string of the molecule is O=C(NC(c1ccc(F)cc1)c1cccs1)c1cn(-c2ccc(Cl)cc2)nn1. The molecule has 28 heavy (non-hydrogen) atoms. The second kappa shape index (κ2) is 7.92. The van der Waals surface area contributed by atoms with Crippen molar-refractivity contribution in [2.24, 2.45) is 0 Å². The monoisotopic (exact) mass is 412 g/mol. The Kier molecular flexibility index (Phi) is 5.18. The minimum Gasteiger partial charge on any atom is -0.339 e. The number of hydrogen-bond donors (Lipinski definition) is 1. The summed E-state index contributed by atoms with van der Waals surface area (Å²) >= 11 is 7.41. The molecule has 0 radical (unpaired) electrons. The van der Waals surface area contributed by atoms with Gasteiger partial charge in [-0.15, -0.1) is 16.4 Å². The smallest absolute Gasteiger partial charge is 0.274 e. The maximum atomic E-state index is 13.3. The van der Waals surface area contributed by atoms with Gasteiger partial charge in [0.05, 0.1) is 17.9 Å². The number of carbonyl (C=O) groups excluding carboxylic acids is 1. The van der Waals surface area contributed by atoms with Crippen LogP contribution in [0.3, 0.4) is 0 Å². The third-order valence-electron chi connectivity index (χ3n) is 4.12. The Balaban J connectivity index is 1.58. The largest absolute Gasteiger partial charge is 0.339 e. The van der Waals surface area contributed by atoms with Crippen molar-refractivity contribution in [3.63, 3.8) is 0 Å². The lowest BCUT2D eigenvalue weighted by Gasteiger charge is -2.17. The number of amides is 1. The third kappa shape index (κ3) is 3.95. The molecule has 4 aromatic rings. The summed E-state index contributed by atoms with van der Waals surface area (Å²) in [6.07, 6.45) is 1.55. The summed E-state index contributed by atoms with van der Waals surface area (Å²) in [6.45, 7) is 0. The molecule has 5 nitrogen and oxygen atoms in total. The summed E-state index contributed by atoms with van der Waals surface area (Å²) in [6, 6.07) is 16.5. The Morgan fingerprint density at radius 3 is 2.54 bits per heavy atom. The molecular weight excluding hydrogens is 399 g/mol. The number of nitrogens with zero attached hydrogens (tertiary/aromatic N) is 3. The van der Waals surface area contributed by atoms with E-state index in [4.69, 9.17) is 11.6 Å². The standard InChI is InChI=1S/C20H14ClFN4OS/c21-14-5-9-16(10-6-14)26-12-17(24-25-26)20(27)23-19(18-2-1-11-28-18)13-3-7-15(22)8-4-13/h1-12,19H,(H,23,27). The molecule has 0 spiro atoms. The van der Waals surface area contributed by atoms with Crippen molar-refractivity contribution in [1.29, 1.82) is 0 Å². The zero-order chi connectivity index (χ0) is 19.5. The van der Waals surface area contributed by atoms with Crippen LogP contribution in [-0.4, -0.2) is 20.9 Å². The first-order valence-corrected chi connectivity index (χ1v) is 9.64. The zero-order valence-electron chi connectivity index (χ0n) is 14.4. The maximum absolute atomic E-state index is 13.3. The van der Waals surface area contributed by atoms with Crippen molar-refractivity contribution in [3.05, 3.63) is 99.2 Å². The fourth-order valence-corrected chi connectivity index (χ4v) is 3.65. The summed E-state index contributed by atoms with van der Waals surface area (Å²) in [4.78, 5) is 13.7. The lowest BCUT2D eigenvalue weighted by Crippen LogP contribution is -2.29. The number of nitrogens with one attached hydrogen (secondary N) is 1. The van der Waals surface area contributed by atoms with Gasteiger partial charge in [0.25, 0.3) is 5.91 Å². The highest BCUT2D eigenvalue weighted by atomic mass is 35.5. The van der Waals surface area contributed by atoms with E-state index in [1.165, 1.54) is 28.2 Å². The predicted molar refractivity (Wildman–Crippen MR) is 106 cm³/mol.